The largest absolute Gasteiger partial charge is 0.522 e. The van der Waals surface area contributed by atoms with E-state index in [0.29, 0.717) is 31.2 Å². The number of hydrogen-bond acceptors (Lipinski definition) is 8. The lowest BCUT2D eigenvalue weighted by atomic mass is 9.99. The molecular weight excluding hydrogens is 654 g/mol. The average Bonchev–Trinajstić information content (AvgIpc) is 3.62. The molecule has 4 aliphatic heterocycles. The summed E-state index contributed by atoms with van der Waals surface area (Å²) in [6.07, 6.45) is 2.04. The molecule has 0 spiro atoms. The molecule has 3 aromatic rings. The van der Waals surface area contributed by atoms with E-state index in [4.69, 9.17) is 24.7 Å². The summed E-state index contributed by atoms with van der Waals surface area (Å²) in [6, 6.07) is 4.34. The minimum Gasteiger partial charge on any atom is -0.377 e. The predicted octanol–water partition coefficient (Wildman–Crippen LogP) is 5.18. The molecule has 0 aliphatic carbocycles. The van der Waals surface area contributed by atoms with Gasteiger partial charge in [0, 0.05) is 37.5 Å². The quantitative estimate of drug-likeness (QED) is 0.340. The fourth-order valence-electron chi connectivity index (χ4n) is 6.88. The highest BCUT2D eigenvalue weighted by Gasteiger charge is 2.41. The standard InChI is InChI=1S/C27H33F3IN7O3/c1-16-12-19(41-27(28,29)30)7-9-35(16)20-13-22(37-17-5-6-18(37)15-39-14-17)32-26-24(20)25(31)34-38(26)21-8-10-36(33-21)23-4-2-3-11-40-23/h8,10,13,16-19,23H,2-7,9,11-12,14-15H2,1H3/t16-,17?,18?,19?,23?/m1/s1. The highest BCUT2D eigenvalue weighted by molar-refractivity contribution is 14.1. The Hall–Kier alpha value is -2.17. The second-order valence-corrected chi connectivity index (χ2v) is 12.5. The molecule has 10 nitrogen and oxygen atoms in total. The van der Waals surface area contributed by atoms with Crippen LogP contribution >= 0.6 is 22.6 Å². The number of halogens is 4. The van der Waals surface area contributed by atoms with Gasteiger partial charge in [0.15, 0.2) is 11.5 Å². The van der Waals surface area contributed by atoms with Gasteiger partial charge < -0.3 is 19.3 Å². The minimum atomic E-state index is -4.64. The third kappa shape index (κ3) is 5.29. The molecule has 4 fully saturated rings. The van der Waals surface area contributed by atoms with Crippen molar-refractivity contribution in [1.82, 2.24) is 24.5 Å². The van der Waals surface area contributed by atoms with Gasteiger partial charge in [-0.1, -0.05) is 0 Å². The van der Waals surface area contributed by atoms with Gasteiger partial charge in [0.1, 0.15) is 15.7 Å². The normalized spacial score (nSPS) is 29.0. The molecule has 3 aromatic heterocycles. The van der Waals surface area contributed by atoms with Gasteiger partial charge in [0.05, 0.1) is 42.5 Å². The van der Waals surface area contributed by atoms with E-state index in [9.17, 15) is 13.2 Å². The highest BCUT2D eigenvalue weighted by Crippen LogP contribution is 2.41. The van der Waals surface area contributed by atoms with Crippen LogP contribution in [0.1, 0.15) is 58.1 Å². The van der Waals surface area contributed by atoms with Gasteiger partial charge >= 0.3 is 6.36 Å². The van der Waals surface area contributed by atoms with Crippen LogP contribution in [0.15, 0.2) is 18.3 Å². The molecule has 14 heteroatoms. The first-order valence-electron chi connectivity index (χ1n) is 14.4. The van der Waals surface area contributed by atoms with Gasteiger partial charge in [0.25, 0.3) is 0 Å². The Morgan fingerprint density at radius 2 is 1.85 bits per heavy atom. The number of fused-ring (bicyclic) bond motifs is 3. The molecule has 5 atom stereocenters. The van der Waals surface area contributed by atoms with Crippen LogP contribution in [0.25, 0.3) is 16.9 Å². The first-order valence-corrected chi connectivity index (χ1v) is 15.5. The van der Waals surface area contributed by atoms with Crippen molar-refractivity contribution >= 4 is 45.1 Å². The number of hydrogen-bond donors (Lipinski definition) is 0. The summed E-state index contributed by atoms with van der Waals surface area (Å²) in [5.41, 5.74) is 1.61. The smallest absolute Gasteiger partial charge is 0.377 e. The molecule has 0 aromatic carbocycles. The maximum atomic E-state index is 13.0. The third-order valence-electron chi connectivity index (χ3n) is 8.77. The Bertz CT molecular complexity index is 1390. The number of aromatic nitrogens is 5. The Kier molecular flexibility index (Phi) is 7.30. The van der Waals surface area contributed by atoms with Gasteiger partial charge in [-0.05, 0) is 74.5 Å². The molecule has 4 saturated heterocycles. The summed E-state index contributed by atoms with van der Waals surface area (Å²) < 4.78 is 59.5. The summed E-state index contributed by atoms with van der Waals surface area (Å²) in [5, 5.41) is 10.6. The fourth-order valence-corrected chi connectivity index (χ4v) is 7.61. The third-order valence-corrected chi connectivity index (χ3v) is 9.52. The molecule has 4 aliphatic rings. The molecule has 0 saturated carbocycles. The second kappa shape index (κ2) is 10.8. The zero-order chi connectivity index (χ0) is 28.3. The molecule has 0 radical (unpaired) electrons. The summed E-state index contributed by atoms with van der Waals surface area (Å²) >= 11 is 2.23. The molecule has 7 rings (SSSR count). The number of rotatable bonds is 5. The monoisotopic (exact) mass is 687 g/mol. The molecule has 0 amide bonds. The Balaban J connectivity index is 1.30. The molecular formula is C27H33F3IN7O3. The van der Waals surface area contributed by atoms with Crippen molar-refractivity contribution in [3.05, 3.63) is 22.0 Å². The average molecular weight is 688 g/mol. The van der Waals surface area contributed by atoms with Crippen LogP contribution in [0.4, 0.5) is 24.7 Å². The lowest BCUT2D eigenvalue weighted by Gasteiger charge is -2.40. The van der Waals surface area contributed by atoms with E-state index in [1.54, 1.807) is 4.68 Å². The molecule has 222 valence electrons. The fraction of sp³-hybridized carbons (Fsp3) is 0.667. The lowest BCUT2D eigenvalue weighted by Crippen LogP contribution is -2.47. The van der Waals surface area contributed by atoms with Gasteiger partial charge in [-0.3, -0.25) is 4.74 Å². The number of pyridine rings is 1. The van der Waals surface area contributed by atoms with E-state index in [-0.39, 0.29) is 37.2 Å². The van der Waals surface area contributed by atoms with E-state index in [0.717, 1.165) is 59.3 Å². The maximum Gasteiger partial charge on any atom is 0.522 e. The van der Waals surface area contributed by atoms with E-state index in [2.05, 4.69) is 43.2 Å². The first-order chi connectivity index (χ1) is 19.7. The van der Waals surface area contributed by atoms with Crippen molar-refractivity contribution in [1.29, 1.82) is 0 Å². The van der Waals surface area contributed by atoms with E-state index in [1.807, 2.05) is 23.9 Å². The van der Waals surface area contributed by atoms with Crippen LogP contribution in [0.5, 0.6) is 0 Å². The van der Waals surface area contributed by atoms with E-state index in [1.165, 1.54) is 0 Å². The van der Waals surface area contributed by atoms with Crippen LogP contribution in [-0.4, -0.2) is 81.5 Å². The summed E-state index contributed by atoms with van der Waals surface area (Å²) in [5.74, 6) is 1.50. The zero-order valence-electron chi connectivity index (χ0n) is 22.8. The maximum absolute atomic E-state index is 13.0. The number of anilines is 2. The Labute approximate surface area is 249 Å². The van der Waals surface area contributed by atoms with Crippen LogP contribution in [-0.2, 0) is 14.2 Å². The van der Waals surface area contributed by atoms with Crippen LogP contribution in [0.2, 0.25) is 0 Å². The number of nitrogens with zero attached hydrogens (tertiary/aromatic N) is 7. The zero-order valence-corrected chi connectivity index (χ0v) is 24.9. The number of piperidine rings is 1. The van der Waals surface area contributed by atoms with Gasteiger partial charge in [-0.25, -0.2) is 9.67 Å². The summed E-state index contributed by atoms with van der Waals surface area (Å²) in [7, 11) is 0. The lowest BCUT2D eigenvalue weighted by molar-refractivity contribution is -0.344. The van der Waals surface area contributed by atoms with Crippen LogP contribution in [0, 0.1) is 3.70 Å². The highest BCUT2D eigenvalue weighted by atomic mass is 127. The van der Waals surface area contributed by atoms with Crippen molar-refractivity contribution in [2.45, 2.75) is 88.7 Å². The number of ether oxygens (including phenoxy) is 3. The van der Waals surface area contributed by atoms with Gasteiger partial charge in [-0.15, -0.1) is 13.2 Å². The topological polar surface area (TPSA) is 82.7 Å². The molecule has 7 heterocycles. The number of morpholine rings is 1. The van der Waals surface area contributed by atoms with Crippen LogP contribution < -0.4 is 9.80 Å². The van der Waals surface area contributed by atoms with E-state index >= 15 is 0 Å². The van der Waals surface area contributed by atoms with Crippen LogP contribution in [0.3, 0.4) is 0 Å². The summed E-state index contributed by atoms with van der Waals surface area (Å²) in [4.78, 5) is 9.75. The van der Waals surface area contributed by atoms with Crippen molar-refractivity contribution in [2.24, 2.45) is 0 Å². The van der Waals surface area contributed by atoms with Crippen molar-refractivity contribution in [3.8, 4) is 5.82 Å². The number of alkyl halides is 3. The molecule has 41 heavy (non-hydrogen) atoms. The SMILES string of the molecule is C[C@@H]1CC(OC(F)(F)F)CCN1c1cc(N2C3CCC2COC3)nc2c1c(I)nn2-c1ccn(C2CCCCO2)n1. The first kappa shape index (κ1) is 27.7. The Morgan fingerprint density at radius 1 is 1.05 bits per heavy atom. The minimum absolute atomic E-state index is 0.0949. The molecule has 4 unspecified atom stereocenters. The Morgan fingerprint density at radius 3 is 2.56 bits per heavy atom. The summed E-state index contributed by atoms with van der Waals surface area (Å²) in [6.45, 7) is 4.43. The predicted molar refractivity (Wildman–Crippen MR) is 153 cm³/mol. The molecule has 0 N–H and O–H groups in total. The van der Waals surface area contributed by atoms with Crippen molar-refractivity contribution < 1.29 is 27.4 Å². The van der Waals surface area contributed by atoms with Gasteiger partial charge in [-0.2, -0.15) is 14.9 Å². The van der Waals surface area contributed by atoms with Crippen molar-refractivity contribution in [3.63, 3.8) is 0 Å². The van der Waals surface area contributed by atoms with E-state index < -0.39 is 12.5 Å². The molecule has 2 bridgehead atoms. The van der Waals surface area contributed by atoms with Crippen molar-refractivity contribution in [2.75, 3.05) is 36.2 Å². The van der Waals surface area contributed by atoms with Gasteiger partial charge in [0.2, 0.25) is 0 Å². The second-order valence-electron chi connectivity index (χ2n) is 11.5.